The van der Waals surface area contributed by atoms with Gasteiger partial charge in [-0.25, -0.2) is 0 Å². The lowest BCUT2D eigenvalue weighted by Gasteiger charge is -2.31. The Hall–Kier alpha value is -1.25. The predicted molar refractivity (Wildman–Crippen MR) is 157 cm³/mol. The molecule has 2 aliphatic heterocycles. The van der Waals surface area contributed by atoms with Crippen LogP contribution in [0.2, 0.25) is 0 Å². The van der Waals surface area contributed by atoms with E-state index in [2.05, 4.69) is 39.0 Å². The van der Waals surface area contributed by atoms with Gasteiger partial charge in [-0.2, -0.15) is 0 Å². The summed E-state index contributed by atoms with van der Waals surface area (Å²) in [5.74, 6) is 0.391. The molecule has 0 amide bonds. The number of aliphatic hydroxyl groups is 1. The van der Waals surface area contributed by atoms with Crippen LogP contribution in [0.1, 0.15) is 111 Å². The topological polar surface area (TPSA) is 83.5 Å². The fourth-order valence-corrected chi connectivity index (χ4v) is 6.17. The highest BCUT2D eigenvalue weighted by molar-refractivity contribution is 5.68. The lowest BCUT2D eigenvalue weighted by molar-refractivity contribution is -0.193. The highest BCUT2D eigenvalue weighted by atomic mass is 16.7. The SMILES string of the molecule is COC(=O)CCCCCC[C@@H]1[C@@H](C=C[C@@H](OC2CCCCO2)C(C)CC=C(C)C)[C@H](OC2CCCCO2)C[C@H]1O. The van der Waals surface area contributed by atoms with Crippen molar-refractivity contribution < 1.29 is 33.6 Å². The van der Waals surface area contributed by atoms with Gasteiger partial charge in [-0.15, -0.1) is 0 Å². The fraction of sp³-hybridized carbons (Fsp3) is 0.848. The van der Waals surface area contributed by atoms with Crippen molar-refractivity contribution in [3.8, 4) is 0 Å². The molecule has 1 saturated carbocycles. The second-order valence-corrected chi connectivity index (χ2v) is 12.3. The number of unbranched alkanes of at least 4 members (excludes halogenated alkanes) is 3. The molecule has 3 unspecified atom stereocenters. The van der Waals surface area contributed by atoms with E-state index in [-0.39, 0.29) is 42.6 Å². The number of carbonyl (C=O) groups is 1. The normalized spacial score (nSPS) is 30.7. The summed E-state index contributed by atoms with van der Waals surface area (Å²) >= 11 is 0. The van der Waals surface area contributed by atoms with Crippen LogP contribution in [0.15, 0.2) is 23.8 Å². The van der Waals surface area contributed by atoms with Crippen molar-refractivity contribution in [3.63, 3.8) is 0 Å². The second kappa shape index (κ2) is 18.3. The summed E-state index contributed by atoms with van der Waals surface area (Å²) in [6.07, 6.45) is 19.1. The quantitative estimate of drug-likeness (QED) is 0.124. The van der Waals surface area contributed by atoms with Crippen LogP contribution in [0.25, 0.3) is 0 Å². The smallest absolute Gasteiger partial charge is 0.305 e. The predicted octanol–water partition coefficient (Wildman–Crippen LogP) is 6.87. The minimum atomic E-state index is -0.401. The molecule has 0 aromatic heterocycles. The molecule has 2 saturated heterocycles. The van der Waals surface area contributed by atoms with Crippen LogP contribution in [-0.4, -0.2) is 62.3 Å². The Labute approximate surface area is 243 Å². The molecule has 2 heterocycles. The van der Waals surface area contributed by atoms with Crippen LogP contribution in [0.5, 0.6) is 0 Å². The van der Waals surface area contributed by atoms with Gasteiger partial charge in [0.05, 0.1) is 25.4 Å². The van der Waals surface area contributed by atoms with Gasteiger partial charge in [0.25, 0.3) is 0 Å². The Kier molecular flexibility index (Phi) is 15.2. The molecule has 0 radical (unpaired) electrons. The van der Waals surface area contributed by atoms with Crippen molar-refractivity contribution in [2.45, 2.75) is 142 Å². The van der Waals surface area contributed by atoms with Crippen molar-refractivity contribution in [2.75, 3.05) is 20.3 Å². The van der Waals surface area contributed by atoms with Crippen molar-refractivity contribution in [1.82, 2.24) is 0 Å². The lowest BCUT2D eigenvalue weighted by Crippen LogP contribution is -2.32. The molecule has 8 atom stereocenters. The van der Waals surface area contributed by atoms with Crippen LogP contribution in [-0.2, 0) is 28.5 Å². The van der Waals surface area contributed by atoms with Gasteiger partial charge >= 0.3 is 5.97 Å². The molecule has 3 rings (SSSR count). The molecule has 1 N–H and O–H groups in total. The molecule has 0 spiro atoms. The fourth-order valence-electron chi connectivity index (χ4n) is 6.17. The molecular formula is C33H56O7. The summed E-state index contributed by atoms with van der Waals surface area (Å²) in [6, 6.07) is 0. The third-order valence-electron chi connectivity index (χ3n) is 8.68. The molecule has 7 heteroatoms. The Balaban J connectivity index is 1.68. The first-order valence-electron chi connectivity index (χ1n) is 16.0. The first-order chi connectivity index (χ1) is 19.4. The number of aliphatic hydroxyl groups excluding tert-OH is 1. The van der Waals surface area contributed by atoms with Gasteiger partial charge in [0.15, 0.2) is 12.6 Å². The van der Waals surface area contributed by atoms with Crippen molar-refractivity contribution in [3.05, 3.63) is 23.8 Å². The van der Waals surface area contributed by atoms with Gasteiger partial charge in [-0.05, 0) is 83.5 Å². The van der Waals surface area contributed by atoms with Gasteiger partial charge in [0, 0.05) is 32.0 Å². The molecule has 3 aliphatic rings. The Bertz CT molecular complexity index is 765. The summed E-state index contributed by atoms with van der Waals surface area (Å²) in [6.45, 7) is 8.03. The Morgan fingerprint density at radius 2 is 1.70 bits per heavy atom. The molecule has 7 nitrogen and oxygen atoms in total. The maximum Gasteiger partial charge on any atom is 0.305 e. The zero-order valence-electron chi connectivity index (χ0n) is 25.6. The van der Waals surface area contributed by atoms with E-state index in [0.29, 0.717) is 18.8 Å². The summed E-state index contributed by atoms with van der Waals surface area (Å²) in [4.78, 5) is 11.4. The lowest BCUT2D eigenvalue weighted by atomic mass is 9.87. The van der Waals surface area contributed by atoms with Crippen molar-refractivity contribution in [1.29, 1.82) is 0 Å². The van der Waals surface area contributed by atoms with E-state index in [0.717, 1.165) is 90.3 Å². The largest absolute Gasteiger partial charge is 0.469 e. The van der Waals surface area contributed by atoms with E-state index < -0.39 is 6.10 Å². The average molecular weight is 565 g/mol. The number of rotatable bonds is 16. The van der Waals surface area contributed by atoms with Crippen LogP contribution >= 0.6 is 0 Å². The van der Waals surface area contributed by atoms with E-state index in [1.165, 1.54) is 12.7 Å². The molecule has 0 bridgehead atoms. The summed E-state index contributed by atoms with van der Waals surface area (Å²) in [5, 5.41) is 11.2. The zero-order valence-corrected chi connectivity index (χ0v) is 25.6. The number of esters is 1. The van der Waals surface area contributed by atoms with Crippen molar-refractivity contribution in [2.24, 2.45) is 17.8 Å². The standard InChI is InChI=1S/C33H56O7/c1-24(2)17-18-25(3)29(39-32-15-9-11-21-37-32)20-19-27-26(13-7-5-6-8-14-31(35)36-4)28(34)23-30(27)40-33-16-10-12-22-38-33/h17,19-20,25-30,32-34H,5-16,18,21-23H2,1-4H3/t25?,26-,27-,28-,29-,30-,32?,33?/m1/s1. The molecule has 230 valence electrons. The third kappa shape index (κ3) is 11.6. The van der Waals surface area contributed by atoms with Gasteiger partial charge in [0.1, 0.15) is 0 Å². The minimum absolute atomic E-state index is 0.0676. The van der Waals surface area contributed by atoms with Gasteiger partial charge < -0.3 is 28.8 Å². The van der Waals surface area contributed by atoms with Crippen LogP contribution in [0.3, 0.4) is 0 Å². The summed E-state index contributed by atoms with van der Waals surface area (Å²) in [7, 11) is 1.44. The maximum absolute atomic E-state index is 11.4. The number of ether oxygens (including phenoxy) is 5. The second-order valence-electron chi connectivity index (χ2n) is 12.3. The Morgan fingerprint density at radius 1 is 1.00 bits per heavy atom. The highest BCUT2D eigenvalue weighted by Crippen LogP contribution is 2.40. The van der Waals surface area contributed by atoms with Crippen LogP contribution in [0, 0.1) is 17.8 Å². The maximum atomic E-state index is 11.4. The van der Waals surface area contributed by atoms with Crippen molar-refractivity contribution >= 4 is 5.97 Å². The van der Waals surface area contributed by atoms with Crippen LogP contribution < -0.4 is 0 Å². The van der Waals surface area contributed by atoms with E-state index >= 15 is 0 Å². The van der Waals surface area contributed by atoms with Gasteiger partial charge in [-0.1, -0.05) is 50.0 Å². The molecule has 0 aromatic rings. The number of hydrogen-bond donors (Lipinski definition) is 1. The van der Waals surface area contributed by atoms with Crippen LogP contribution in [0.4, 0.5) is 0 Å². The van der Waals surface area contributed by atoms with Gasteiger partial charge in [0.2, 0.25) is 0 Å². The first kappa shape index (κ1) is 33.3. The van der Waals surface area contributed by atoms with Gasteiger partial charge in [-0.3, -0.25) is 4.79 Å². The number of carbonyl (C=O) groups excluding carboxylic acids is 1. The molecule has 1 aliphatic carbocycles. The molecular weight excluding hydrogens is 508 g/mol. The molecule has 40 heavy (non-hydrogen) atoms. The number of methoxy groups -OCH3 is 1. The molecule has 0 aromatic carbocycles. The van der Waals surface area contributed by atoms with E-state index in [9.17, 15) is 9.90 Å². The van der Waals surface area contributed by atoms with E-state index in [1.807, 2.05) is 0 Å². The highest BCUT2D eigenvalue weighted by Gasteiger charge is 2.43. The minimum Gasteiger partial charge on any atom is -0.469 e. The summed E-state index contributed by atoms with van der Waals surface area (Å²) < 4.78 is 29.7. The molecule has 3 fully saturated rings. The van der Waals surface area contributed by atoms with E-state index in [1.54, 1.807) is 0 Å². The first-order valence-corrected chi connectivity index (χ1v) is 16.0. The third-order valence-corrected chi connectivity index (χ3v) is 8.68. The average Bonchev–Trinajstić information content (AvgIpc) is 3.25. The monoisotopic (exact) mass is 564 g/mol. The zero-order chi connectivity index (χ0) is 28.7. The van der Waals surface area contributed by atoms with E-state index in [4.69, 9.17) is 23.7 Å². The Morgan fingerprint density at radius 3 is 2.35 bits per heavy atom. The summed E-state index contributed by atoms with van der Waals surface area (Å²) in [5.41, 5.74) is 1.31. The number of hydrogen-bond acceptors (Lipinski definition) is 7. The number of allylic oxidation sites excluding steroid dienone is 2.